The predicted octanol–water partition coefficient (Wildman–Crippen LogP) is 4.52. The van der Waals surface area contributed by atoms with Gasteiger partial charge in [-0.1, -0.05) is 18.2 Å². The molecule has 1 aromatic carbocycles. The van der Waals surface area contributed by atoms with Gasteiger partial charge in [0.2, 0.25) is 11.8 Å². The van der Waals surface area contributed by atoms with Crippen LogP contribution in [0.3, 0.4) is 0 Å². The zero-order chi connectivity index (χ0) is 30.8. The number of halogens is 1. The molecular weight excluding hydrogens is 565 g/mol. The van der Waals surface area contributed by atoms with E-state index >= 15 is 0 Å². The van der Waals surface area contributed by atoms with Crippen LogP contribution in [0.5, 0.6) is 5.88 Å². The number of benzene rings is 1. The number of rotatable bonds is 12. The third kappa shape index (κ3) is 6.14. The first kappa shape index (κ1) is 30.0. The van der Waals surface area contributed by atoms with Crippen molar-refractivity contribution in [3.05, 3.63) is 89.3 Å². The average molecular weight is 602 g/mol. The van der Waals surface area contributed by atoms with E-state index in [1.54, 1.807) is 24.4 Å². The largest absolute Gasteiger partial charge is 0.481 e. The van der Waals surface area contributed by atoms with Gasteiger partial charge in [-0.2, -0.15) is 14.6 Å². The molecular formula is C33H36FN5O5. The molecule has 1 saturated carbocycles. The average Bonchev–Trinajstić information content (AvgIpc) is 3.53. The Morgan fingerprint density at radius 3 is 2.66 bits per heavy atom. The minimum atomic E-state index is -0.947. The number of carbonyl (C=O) groups is 1. The summed E-state index contributed by atoms with van der Waals surface area (Å²) in [4.78, 5) is 28.1. The zero-order valence-corrected chi connectivity index (χ0v) is 25.1. The van der Waals surface area contributed by atoms with Crippen molar-refractivity contribution in [2.24, 2.45) is 5.92 Å². The first-order valence-corrected chi connectivity index (χ1v) is 14.7. The summed E-state index contributed by atoms with van der Waals surface area (Å²) < 4.78 is 26.5. The molecule has 2 atom stereocenters. The number of Topliss-reactive ketones (excluding diaryl/α,β-unsaturated/α-hetero) is 1. The lowest BCUT2D eigenvalue weighted by atomic mass is 9.90. The number of carbonyl (C=O) groups excluding carboxylic acids is 1. The van der Waals surface area contributed by atoms with Crippen molar-refractivity contribution in [1.82, 2.24) is 24.8 Å². The first-order valence-electron chi connectivity index (χ1n) is 14.7. The molecule has 3 aromatic heterocycles. The van der Waals surface area contributed by atoms with E-state index in [9.17, 15) is 14.3 Å². The third-order valence-electron chi connectivity index (χ3n) is 8.39. The Kier molecular flexibility index (Phi) is 8.55. The quantitative estimate of drug-likeness (QED) is 0.234. The standard InChI is InChI=1S/C33H36FN5O5/c1-21-28(18-26(40)15-24-20-38(13-14-42-2)44-31(24)22-9-12-35-29(34)17-22)39(25-7-5-4-6-8-25)37-30(21)23-16-27(33(41)10-11-33)32(43-3)36-19-23/h4-9,12,16-17,19,24,31,41H,10-11,13-15,18,20H2,1-3H3/t24-,31+/m1/s1. The highest BCUT2D eigenvalue weighted by atomic mass is 19.1. The number of aliphatic hydroxyl groups is 1. The lowest BCUT2D eigenvalue weighted by molar-refractivity contribution is -0.155. The van der Waals surface area contributed by atoms with Crippen LogP contribution in [0, 0.1) is 18.8 Å². The van der Waals surface area contributed by atoms with Crippen LogP contribution in [0.25, 0.3) is 16.9 Å². The summed E-state index contributed by atoms with van der Waals surface area (Å²) in [5, 5.41) is 17.6. The highest BCUT2D eigenvalue weighted by Crippen LogP contribution is 2.49. The van der Waals surface area contributed by atoms with E-state index in [2.05, 4.69) is 9.97 Å². The molecule has 11 heteroatoms. The van der Waals surface area contributed by atoms with Crippen LogP contribution in [0.1, 0.15) is 47.8 Å². The van der Waals surface area contributed by atoms with Crippen molar-refractivity contribution in [1.29, 1.82) is 0 Å². The van der Waals surface area contributed by atoms with Gasteiger partial charge in [0.15, 0.2) is 0 Å². The van der Waals surface area contributed by atoms with Crippen molar-refractivity contribution in [3.63, 3.8) is 0 Å². The summed E-state index contributed by atoms with van der Waals surface area (Å²) in [5.41, 5.74) is 4.19. The van der Waals surface area contributed by atoms with E-state index in [4.69, 9.17) is 19.4 Å². The first-order chi connectivity index (χ1) is 21.3. The molecule has 1 saturated heterocycles. The van der Waals surface area contributed by atoms with Crippen LogP contribution in [-0.4, -0.2) is 69.6 Å². The second-order valence-corrected chi connectivity index (χ2v) is 11.5. The van der Waals surface area contributed by atoms with E-state index in [0.717, 1.165) is 22.5 Å². The maximum absolute atomic E-state index is 14.0. The van der Waals surface area contributed by atoms with Gasteiger partial charge in [-0.25, -0.2) is 14.6 Å². The Labute approximate surface area is 255 Å². The lowest BCUT2D eigenvalue weighted by Gasteiger charge is -2.17. The molecule has 44 heavy (non-hydrogen) atoms. The Balaban J connectivity index is 1.31. The number of pyridine rings is 2. The Bertz CT molecular complexity index is 1640. The van der Waals surface area contributed by atoms with Gasteiger partial charge in [0.05, 0.1) is 36.4 Å². The Hall–Kier alpha value is -4.03. The molecule has 4 heterocycles. The molecule has 1 N–H and O–H groups in total. The summed E-state index contributed by atoms with van der Waals surface area (Å²) in [5.74, 6) is -0.376. The van der Waals surface area contributed by atoms with Gasteiger partial charge in [0, 0.05) is 62.5 Å². The highest BCUT2D eigenvalue weighted by molar-refractivity contribution is 5.82. The fourth-order valence-electron chi connectivity index (χ4n) is 5.90. The highest BCUT2D eigenvalue weighted by Gasteiger charge is 2.45. The molecule has 1 aliphatic carbocycles. The van der Waals surface area contributed by atoms with Crippen LogP contribution >= 0.6 is 0 Å². The van der Waals surface area contributed by atoms with Crippen molar-refractivity contribution in [3.8, 4) is 22.8 Å². The molecule has 1 aliphatic heterocycles. The molecule has 0 spiro atoms. The molecule has 230 valence electrons. The molecule has 2 aliphatic rings. The van der Waals surface area contributed by atoms with Gasteiger partial charge in [-0.15, -0.1) is 0 Å². The molecule has 6 rings (SSSR count). The minimum Gasteiger partial charge on any atom is -0.481 e. The third-order valence-corrected chi connectivity index (χ3v) is 8.39. The van der Waals surface area contributed by atoms with Crippen LogP contribution in [-0.2, 0) is 26.4 Å². The number of ether oxygens (including phenoxy) is 2. The van der Waals surface area contributed by atoms with E-state index in [-0.39, 0.29) is 24.5 Å². The molecule has 0 unspecified atom stereocenters. The number of hydroxylamine groups is 2. The summed E-state index contributed by atoms with van der Waals surface area (Å²) in [6, 6.07) is 14.6. The van der Waals surface area contributed by atoms with E-state index < -0.39 is 17.7 Å². The maximum atomic E-state index is 14.0. The topological polar surface area (TPSA) is 112 Å². The summed E-state index contributed by atoms with van der Waals surface area (Å²) in [6.07, 6.45) is 4.27. The normalized spacial score (nSPS) is 19.3. The lowest BCUT2D eigenvalue weighted by Crippen LogP contribution is -2.24. The van der Waals surface area contributed by atoms with E-state index in [1.807, 2.05) is 48.0 Å². The molecule has 2 fully saturated rings. The number of para-hydroxylation sites is 1. The second-order valence-electron chi connectivity index (χ2n) is 11.5. The van der Waals surface area contributed by atoms with Crippen LogP contribution in [0.4, 0.5) is 4.39 Å². The summed E-state index contributed by atoms with van der Waals surface area (Å²) in [7, 11) is 3.16. The molecule has 0 amide bonds. The molecule has 0 radical (unpaired) electrons. The number of hydrogen-bond acceptors (Lipinski definition) is 9. The smallest absolute Gasteiger partial charge is 0.219 e. The van der Waals surface area contributed by atoms with Crippen LogP contribution in [0.15, 0.2) is 60.9 Å². The fourth-order valence-corrected chi connectivity index (χ4v) is 5.90. The predicted molar refractivity (Wildman–Crippen MR) is 160 cm³/mol. The van der Waals surface area contributed by atoms with Crippen molar-refractivity contribution in [2.45, 2.75) is 44.3 Å². The molecule has 4 aromatic rings. The zero-order valence-electron chi connectivity index (χ0n) is 25.1. The molecule has 10 nitrogen and oxygen atoms in total. The number of hydrogen-bond donors (Lipinski definition) is 1. The summed E-state index contributed by atoms with van der Waals surface area (Å²) >= 11 is 0. The monoisotopic (exact) mass is 601 g/mol. The SMILES string of the molecule is COCCN1C[C@@H](CC(=O)Cc2c(C)c(-c3cnc(OC)c(C4(O)CC4)c3)nn2-c2ccccc2)[C@H](c2ccnc(F)c2)O1. The fraction of sp³-hybridized carbons (Fsp3) is 0.394. The number of nitrogens with zero attached hydrogens (tertiary/aromatic N) is 5. The van der Waals surface area contributed by atoms with Crippen LogP contribution in [0.2, 0.25) is 0 Å². The van der Waals surface area contributed by atoms with Gasteiger partial charge in [0.1, 0.15) is 11.9 Å². The van der Waals surface area contributed by atoms with Gasteiger partial charge in [-0.05, 0) is 61.2 Å². The van der Waals surface area contributed by atoms with Crippen LogP contribution < -0.4 is 4.74 Å². The number of ketones is 1. The Morgan fingerprint density at radius 1 is 1.16 bits per heavy atom. The van der Waals surface area contributed by atoms with Crippen molar-refractivity contribution < 1.29 is 28.6 Å². The van der Waals surface area contributed by atoms with Crippen molar-refractivity contribution in [2.75, 3.05) is 33.9 Å². The Morgan fingerprint density at radius 2 is 1.95 bits per heavy atom. The number of aromatic nitrogens is 4. The van der Waals surface area contributed by atoms with Gasteiger partial charge in [-0.3, -0.25) is 9.63 Å². The number of methoxy groups -OCH3 is 2. The maximum Gasteiger partial charge on any atom is 0.219 e. The van der Waals surface area contributed by atoms with Gasteiger partial charge >= 0.3 is 0 Å². The van der Waals surface area contributed by atoms with Gasteiger partial charge < -0.3 is 14.6 Å². The second kappa shape index (κ2) is 12.5. The van der Waals surface area contributed by atoms with Crippen molar-refractivity contribution >= 4 is 5.78 Å². The van der Waals surface area contributed by atoms with E-state index in [1.165, 1.54) is 19.4 Å². The molecule has 0 bridgehead atoms. The van der Waals surface area contributed by atoms with E-state index in [0.29, 0.717) is 55.2 Å². The summed E-state index contributed by atoms with van der Waals surface area (Å²) in [6.45, 7) is 3.46. The minimum absolute atomic E-state index is 0.0132. The van der Waals surface area contributed by atoms with Gasteiger partial charge in [0.25, 0.3) is 0 Å².